The molecule has 0 heterocycles. The zero-order valence-corrected chi connectivity index (χ0v) is 13.8. The van der Waals surface area contributed by atoms with E-state index in [0.717, 1.165) is 36.4 Å². The standard InChI is InChI=1S/C19H12F6O2/c1-2-26-11-4-6-14(15(20)9-11)19(24,25)27-12-3-5-13-10(7-12)8-16(21)18(23)17(13)22/h3-9H,2H2,1H3. The van der Waals surface area contributed by atoms with Crippen molar-refractivity contribution in [3.05, 3.63) is 71.3 Å². The lowest BCUT2D eigenvalue weighted by molar-refractivity contribution is -0.187. The van der Waals surface area contributed by atoms with E-state index in [0.29, 0.717) is 6.07 Å². The summed E-state index contributed by atoms with van der Waals surface area (Å²) in [6.07, 6.45) is -4.07. The summed E-state index contributed by atoms with van der Waals surface area (Å²) in [5, 5.41) is -0.497. The van der Waals surface area contributed by atoms with Gasteiger partial charge in [0.05, 0.1) is 6.61 Å². The smallest absolute Gasteiger partial charge is 0.429 e. The summed E-state index contributed by atoms with van der Waals surface area (Å²) in [5.41, 5.74) is -1.04. The topological polar surface area (TPSA) is 18.5 Å². The molecule has 0 unspecified atom stereocenters. The number of fused-ring (bicyclic) bond motifs is 1. The van der Waals surface area contributed by atoms with Crippen molar-refractivity contribution in [1.82, 2.24) is 0 Å². The predicted molar refractivity (Wildman–Crippen MR) is 85.9 cm³/mol. The Balaban J connectivity index is 1.95. The molecule has 0 spiro atoms. The van der Waals surface area contributed by atoms with Gasteiger partial charge in [-0.3, -0.25) is 0 Å². The van der Waals surface area contributed by atoms with Gasteiger partial charge in [-0.2, -0.15) is 8.78 Å². The minimum atomic E-state index is -4.07. The average Bonchev–Trinajstić information content (AvgIpc) is 2.59. The van der Waals surface area contributed by atoms with Crippen LogP contribution >= 0.6 is 0 Å². The second-order valence-corrected chi connectivity index (χ2v) is 5.56. The molecular weight excluding hydrogens is 374 g/mol. The first-order chi connectivity index (χ1) is 12.7. The molecular formula is C19H12F6O2. The van der Waals surface area contributed by atoms with Gasteiger partial charge in [0.15, 0.2) is 17.5 Å². The third-order valence-corrected chi connectivity index (χ3v) is 3.76. The van der Waals surface area contributed by atoms with Crippen molar-refractivity contribution in [2.45, 2.75) is 13.0 Å². The van der Waals surface area contributed by atoms with Crippen molar-refractivity contribution in [3.8, 4) is 11.5 Å². The molecule has 0 atom stereocenters. The zero-order chi connectivity index (χ0) is 19.8. The first kappa shape index (κ1) is 18.9. The van der Waals surface area contributed by atoms with Gasteiger partial charge >= 0.3 is 6.11 Å². The fourth-order valence-electron chi connectivity index (χ4n) is 2.54. The number of ether oxygens (including phenoxy) is 2. The molecule has 3 aromatic carbocycles. The number of hydrogen-bond donors (Lipinski definition) is 0. The monoisotopic (exact) mass is 386 g/mol. The van der Waals surface area contributed by atoms with Crippen LogP contribution in [0.4, 0.5) is 26.3 Å². The van der Waals surface area contributed by atoms with E-state index in [4.69, 9.17) is 4.74 Å². The number of halogens is 6. The molecule has 2 nitrogen and oxygen atoms in total. The maximum Gasteiger partial charge on any atom is 0.429 e. The molecule has 0 radical (unpaired) electrons. The SMILES string of the molecule is CCOc1ccc(C(F)(F)Oc2ccc3c(F)c(F)c(F)cc3c2)c(F)c1. The quantitative estimate of drug-likeness (QED) is 0.400. The average molecular weight is 386 g/mol. The Morgan fingerprint density at radius 3 is 2.19 bits per heavy atom. The molecule has 0 aliphatic rings. The van der Waals surface area contributed by atoms with Crippen LogP contribution in [0.3, 0.4) is 0 Å². The Labute approximate surface area is 149 Å². The molecule has 0 bridgehead atoms. The van der Waals surface area contributed by atoms with E-state index in [2.05, 4.69) is 4.74 Å². The number of hydrogen-bond acceptors (Lipinski definition) is 2. The van der Waals surface area contributed by atoms with Crippen LogP contribution in [0, 0.1) is 23.3 Å². The second kappa shape index (κ2) is 7.02. The molecule has 27 heavy (non-hydrogen) atoms. The summed E-state index contributed by atoms with van der Waals surface area (Å²) in [5.74, 6) is -6.23. The fourth-order valence-corrected chi connectivity index (χ4v) is 2.54. The van der Waals surface area contributed by atoms with Gasteiger partial charge in [-0.15, -0.1) is 0 Å². The van der Waals surface area contributed by atoms with Gasteiger partial charge in [-0.1, -0.05) is 0 Å². The van der Waals surface area contributed by atoms with Crippen molar-refractivity contribution in [3.63, 3.8) is 0 Å². The van der Waals surface area contributed by atoms with Crippen LogP contribution < -0.4 is 9.47 Å². The van der Waals surface area contributed by atoms with Gasteiger partial charge in [-0.25, -0.2) is 17.6 Å². The van der Waals surface area contributed by atoms with Gasteiger partial charge in [0.25, 0.3) is 0 Å². The van der Waals surface area contributed by atoms with Crippen LogP contribution in [0.2, 0.25) is 0 Å². The summed E-state index contributed by atoms with van der Waals surface area (Å²) >= 11 is 0. The molecule has 0 aliphatic carbocycles. The van der Waals surface area contributed by atoms with E-state index in [1.165, 1.54) is 0 Å². The maximum absolute atomic E-state index is 14.3. The molecule has 3 rings (SSSR count). The lowest BCUT2D eigenvalue weighted by Gasteiger charge is -2.19. The number of benzene rings is 3. The van der Waals surface area contributed by atoms with Crippen molar-refractivity contribution in [2.75, 3.05) is 6.61 Å². The van der Waals surface area contributed by atoms with Gasteiger partial charge in [-0.05, 0) is 48.7 Å². The Kier molecular flexibility index (Phi) is 4.91. The normalized spacial score (nSPS) is 11.7. The van der Waals surface area contributed by atoms with Crippen LogP contribution in [-0.4, -0.2) is 6.61 Å². The fraction of sp³-hybridized carbons (Fsp3) is 0.158. The highest BCUT2D eigenvalue weighted by Gasteiger charge is 2.38. The van der Waals surface area contributed by atoms with Gasteiger partial charge < -0.3 is 9.47 Å². The summed E-state index contributed by atoms with van der Waals surface area (Å²) in [7, 11) is 0. The van der Waals surface area contributed by atoms with Gasteiger partial charge in [0, 0.05) is 11.5 Å². The van der Waals surface area contributed by atoms with E-state index < -0.39 is 40.7 Å². The maximum atomic E-state index is 14.3. The van der Waals surface area contributed by atoms with Crippen LogP contribution in [0.5, 0.6) is 11.5 Å². The Bertz CT molecular complexity index is 1000. The number of rotatable bonds is 5. The molecule has 0 aliphatic heterocycles. The molecule has 0 saturated carbocycles. The van der Waals surface area contributed by atoms with E-state index in [1.54, 1.807) is 6.92 Å². The third-order valence-electron chi connectivity index (χ3n) is 3.76. The molecule has 0 fully saturated rings. The minimum absolute atomic E-state index is 0.0771. The predicted octanol–water partition coefficient (Wildman–Crippen LogP) is 5.92. The first-order valence-corrected chi connectivity index (χ1v) is 7.80. The summed E-state index contributed by atoms with van der Waals surface area (Å²) in [6, 6.07) is 6.24. The van der Waals surface area contributed by atoms with Crippen LogP contribution in [0.1, 0.15) is 12.5 Å². The molecule has 142 valence electrons. The van der Waals surface area contributed by atoms with E-state index in [1.807, 2.05) is 0 Å². The molecule has 0 amide bonds. The van der Waals surface area contributed by atoms with E-state index in [9.17, 15) is 26.3 Å². The Morgan fingerprint density at radius 1 is 0.815 bits per heavy atom. The minimum Gasteiger partial charge on any atom is -0.494 e. The third kappa shape index (κ3) is 3.65. The lowest BCUT2D eigenvalue weighted by atomic mass is 10.1. The van der Waals surface area contributed by atoms with Crippen LogP contribution in [-0.2, 0) is 6.11 Å². The van der Waals surface area contributed by atoms with Crippen LogP contribution in [0.15, 0.2) is 42.5 Å². The van der Waals surface area contributed by atoms with Gasteiger partial charge in [0.1, 0.15) is 22.9 Å². The molecule has 3 aromatic rings. The molecule has 0 aromatic heterocycles. The summed E-state index contributed by atoms with van der Waals surface area (Å²) < 4.78 is 92.5. The van der Waals surface area contributed by atoms with E-state index in [-0.39, 0.29) is 23.1 Å². The van der Waals surface area contributed by atoms with Crippen molar-refractivity contribution in [2.24, 2.45) is 0 Å². The summed E-state index contributed by atoms with van der Waals surface area (Å²) in [6.45, 7) is 1.89. The largest absolute Gasteiger partial charge is 0.494 e. The Hall–Kier alpha value is -2.90. The highest BCUT2D eigenvalue weighted by Crippen LogP contribution is 2.36. The van der Waals surface area contributed by atoms with Gasteiger partial charge in [0.2, 0.25) is 0 Å². The molecule has 8 heteroatoms. The lowest BCUT2D eigenvalue weighted by Crippen LogP contribution is -2.23. The highest BCUT2D eigenvalue weighted by molar-refractivity contribution is 5.84. The summed E-state index contributed by atoms with van der Waals surface area (Å²) in [4.78, 5) is 0. The molecule has 0 N–H and O–H groups in total. The second-order valence-electron chi connectivity index (χ2n) is 5.56. The zero-order valence-electron chi connectivity index (χ0n) is 13.8. The van der Waals surface area contributed by atoms with Crippen molar-refractivity contribution < 1.29 is 35.8 Å². The van der Waals surface area contributed by atoms with E-state index >= 15 is 0 Å². The Morgan fingerprint density at radius 2 is 1.52 bits per heavy atom. The molecule has 0 saturated heterocycles. The van der Waals surface area contributed by atoms with Crippen molar-refractivity contribution in [1.29, 1.82) is 0 Å². The van der Waals surface area contributed by atoms with Crippen molar-refractivity contribution >= 4 is 10.8 Å². The highest BCUT2D eigenvalue weighted by atomic mass is 19.3. The number of alkyl halides is 2. The first-order valence-electron chi connectivity index (χ1n) is 7.80. The van der Waals surface area contributed by atoms with Crippen LogP contribution in [0.25, 0.3) is 10.8 Å².